The molecule has 0 radical (unpaired) electrons. The maximum Gasteiger partial charge on any atom is 0.337 e. The molecule has 0 bridgehead atoms. The molecule has 2 heterocycles. The Balaban J connectivity index is 1.83. The average Bonchev–Trinajstić information content (AvgIpc) is 2.98. The summed E-state index contributed by atoms with van der Waals surface area (Å²) in [5.41, 5.74) is 2.30. The number of ether oxygens (including phenoxy) is 1. The molecule has 0 atom stereocenters. The topological polar surface area (TPSA) is 66.9 Å². The van der Waals surface area contributed by atoms with Gasteiger partial charge < -0.3 is 9.64 Å². The molecule has 2 aliphatic heterocycles. The van der Waals surface area contributed by atoms with Crippen LogP contribution < -0.4 is 9.80 Å². The number of hydrogen-bond donors (Lipinski definition) is 0. The van der Waals surface area contributed by atoms with Gasteiger partial charge in [0.25, 0.3) is 11.8 Å². The summed E-state index contributed by atoms with van der Waals surface area (Å²) >= 11 is 0. The van der Waals surface area contributed by atoms with Crippen molar-refractivity contribution in [2.24, 2.45) is 0 Å². The van der Waals surface area contributed by atoms with E-state index in [0.29, 0.717) is 22.4 Å². The zero-order valence-corrected chi connectivity index (χ0v) is 15.1. The number of benzene rings is 2. The van der Waals surface area contributed by atoms with Crippen LogP contribution in [-0.4, -0.2) is 38.0 Å². The Morgan fingerprint density at radius 3 is 2.11 bits per heavy atom. The van der Waals surface area contributed by atoms with Crippen LogP contribution in [0, 0.1) is 0 Å². The second-order valence-corrected chi connectivity index (χ2v) is 6.73. The second kappa shape index (κ2) is 6.87. The van der Waals surface area contributed by atoms with Gasteiger partial charge in [0.1, 0.15) is 0 Å². The van der Waals surface area contributed by atoms with E-state index in [4.69, 9.17) is 4.74 Å². The van der Waals surface area contributed by atoms with E-state index in [0.717, 1.165) is 31.6 Å². The zero-order valence-electron chi connectivity index (χ0n) is 15.1. The zero-order chi connectivity index (χ0) is 19.0. The van der Waals surface area contributed by atoms with Crippen molar-refractivity contribution >= 4 is 29.2 Å². The molecule has 0 N–H and O–H groups in total. The third-order valence-electron chi connectivity index (χ3n) is 5.13. The first-order chi connectivity index (χ1) is 13.1. The first kappa shape index (κ1) is 17.3. The molecule has 0 unspecified atom stereocenters. The molecule has 0 saturated carbocycles. The standard InChI is InChI=1S/C21H20N2O4/c1-27-21(26)14-9-10-17(22-11-5-2-6-12-22)18(13-14)23-19(24)15-7-3-4-8-16(15)20(23)25/h3-4,7-10,13H,2,5-6,11-12H2,1H3. The molecular formula is C21H20N2O4. The smallest absolute Gasteiger partial charge is 0.337 e. The minimum absolute atomic E-state index is 0.310. The number of amides is 2. The number of hydrogen-bond acceptors (Lipinski definition) is 5. The number of methoxy groups -OCH3 is 1. The van der Waals surface area contributed by atoms with Crippen molar-refractivity contribution in [3.05, 3.63) is 59.2 Å². The van der Waals surface area contributed by atoms with Gasteiger partial charge in [-0.2, -0.15) is 0 Å². The van der Waals surface area contributed by atoms with E-state index in [1.807, 2.05) is 0 Å². The first-order valence-electron chi connectivity index (χ1n) is 9.07. The number of imide groups is 1. The summed E-state index contributed by atoms with van der Waals surface area (Å²) in [6, 6.07) is 11.8. The largest absolute Gasteiger partial charge is 0.465 e. The monoisotopic (exact) mass is 364 g/mol. The predicted molar refractivity (Wildman–Crippen MR) is 101 cm³/mol. The third kappa shape index (κ3) is 2.87. The van der Waals surface area contributed by atoms with Crippen LogP contribution in [0.3, 0.4) is 0 Å². The number of fused-ring (bicyclic) bond motifs is 1. The quantitative estimate of drug-likeness (QED) is 0.618. The van der Waals surface area contributed by atoms with E-state index in [2.05, 4.69) is 4.90 Å². The van der Waals surface area contributed by atoms with Crippen molar-refractivity contribution < 1.29 is 19.1 Å². The molecule has 2 amide bonds. The number of piperidine rings is 1. The van der Waals surface area contributed by atoms with Gasteiger partial charge in [-0.05, 0) is 49.6 Å². The summed E-state index contributed by atoms with van der Waals surface area (Å²) in [5.74, 6) is -1.23. The number of anilines is 2. The Labute approximate surface area is 157 Å². The first-order valence-corrected chi connectivity index (χ1v) is 9.07. The van der Waals surface area contributed by atoms with Gasteiger partial charge in [-0.3, -0.25) is 9.59 Å². The molecule has 0 aliphatic carbocycles. The van der Waals surface area contributed by atoms with Gasteiger partial charge in [-0.25, -0.2) is 9.69 Å². The summed E-state index contributed by atoms with van der Waals surface area (Å²) in [5, 5.41) is 0. The molecule has 1 fully saturated rings. The lowest BCUT2D eigenvalue weighted by atomic mass is 10.1. The number of carbonyl (C=O) groups is 3. The molecule has 1 saturated heterocycles. The van der Waals surface area contributed by atoms with Crippen molar-refractivity contribution in [2.75, 3.05) is 30.0 Å². The van der Waals surface area contributed by atoms with Crippen molar-refractivity contribution in [1.82, 2.24) is 0 Å². The number of esters is 1. The van der Waals surface area contributed by atoms with Crippen LogP contribution in [0.5, 0.6) is 0 Å². The Kier molecular flexibility index (Phi) is 4.39. The number of nitrogens with zero attached hydrogens (tertiary/aromatic N) is 2. The Bertz CT molecular complexity index is 897. The summed E-state index contributed by atoms with van der Waals surface area (Å²) in [6.07, 6.45) is 3.28. The van der Waals surface area contributed by atoms with Crippen molar-refractivity contribution in [1.29, 1.82) is 0 Å². The van der Waals surface area contributed by atoms with Crippen molar-refractivity contribution in [2.45, 2.75) is 19.3 Å². The van der Waals surface area contributed by atoms with Crippen molar-refractivity contribution in [3.63, 3.8) is 0 Å². The van der Waals surface area contributed by atoms with E-state index in [9.17, 15) is 14.4 Å². The van der Waals surface area contributed by atoms with Crippen LogP contribution in [0.15, 0.2) is 42.5 Å². The lowest BCUT2D eigenvalue weighted by Gasteiger charge is -2.32. The highest BCUT2D eigenvalue weighted by atomic mass is 16.5. The fourth-order valence-electron chi connectivity index (χ4n) is 3.76. The molecule has 4 rings (SSSR count). The van der Waals surface area contributed by atoms with E-state index >= 15 is 0 Å². The summed E-state index contributed by atoms with van der Waals surface area (Å²) in [7, 11) is 1.31. The third-order valence-corrected chi connectivity index (χ3v) is 5.13. The van der Waals surface area contributed by atoms with Gasteiger partial charge in [0.05, 0.1) is 35.2 Å². The lowest BCUT2D eigenvalue weighted by Crippen LogP contribution is -2.35. The molecular weight excluding hydrogens is 344 g/mol. The molecule has 2 aliphatic rings. The molecule has 2 aromatic rings. The van der Waals surface area contributed by atoms with E-state index in [1.165, 1.54) is 18.4 Å². The summed E-state index contributed by atoms with van der Waals surface area (Å²) in [6.45, 7) is 1.71. The predicted octanol–water partition coefficient (Wildman–Crippen LogP) is 3.26. The van der Waals surface area contributed by atoms with Crippen LogP contribution in [0.25, 0.3) is 0 Å². The Morgan fingerprint density at radius 1 is 0.889 bits per heavy atom. The van der Waals surface area contributed by atoms with Crippen LogP contribution in [0.4, 0.5) is 11.4 Å². The highest BCUT2D eigenvalue weighted by Gasteiger charge is 2.38. The molecule has 2 aromatic carbocycles. The SMILES string of the molecule is COC(=O)c1ccc(N2CCCCC2)c(N2C(=O)c3ccccc3C2=O)c1. The van der Waals surface area contributed by atoms with Gasteiger partial charge in [0.15, 0.2) is 0 Å². The van der Waals surface area contributed by atoms with Gasteiger partial charge in [0.2, 0.25) is 0 Å². The van der Waals surface area contributed by atoms with E-state index in [-0.39, 0.29) is 11.8 Å². The molecule has 0 spiro atoms. The van der Waals surface area contributed by atoms with Gasteiger partial charge >= 0.3 is 5.97 Å². The second-order valence-electron chi connectivity index (χ2n) is 6.73. The fraction of sp³-hybridized carbons (Fsp3) is 0.286. The van der Waals surface area contributed by atoms with Crippen LogP contribution in [0.1, 0.15) is 50.3 Å². The highest BCUT2D eigenvalue weighted by molar-refractivity contribution is 6.35. The lowest BCUT2D eigenvalue weighted by molar-refractivity contribution is 0.0600. The summed E-state index contributed by atoms with van der Waals surface area (Å²) in [4.78, 5) is 41.3. The van der Waals surface area contributed by atoms with Crippen molar-refractivity contribution in [3.8, 4) is 0 Å². The average molecular weight is 364 g/mol. The normalized spacial score (nSPS) is 16.5. The van der Waals surface area contributed by atoms with Crippen LogP contribution in [0.2, 0.25) is 0 Å². The fourth-order valence-corrected chi connectivity index (χ4v) is 3.76. The molecule has 6 heteroatoms. The van der Waals surface area contributed by atoms with E-state index in [1.54, 1.807) is 42.5 Å². The Hall–Kier alpha value is -3.15. The molecule has 27 heavy (non-hydrogen) atoms. The van der Waals surface area contributed by atoms with Gasteiger partial charge in [-0.15, -0.1) is 0 Å². The minimum Gasteiger partial charge on any atom is -0.465 e. The van der Waals surface area contributed by atoms with Gasteiger partial charge in [-0.1, -0.05) is 12.1 Å². The van der Waals surface area contributed by atoms with Crippen LogP contribution in [-0.2, 0) is 4.74 Å². The van der Waals surface area contributed by atoms with Gasteiger partial charge in [0, 0.05) is 13.1 Å². The Morgan fingerprint density at radius 2 is 1.52 bits per heavy atom. The number of carbonyl (C=O) groups excluding carboxylic acids is 3. The molecule has 0 aromatic heterocycles. The molecule has 6 nitrogen and oxygen atoms in total. The minimum atomic E-state index is -0.502. The maximum absolute atomic E-state index is 13.0. The maximum atomic E-state index is 13.0. The van der Waals surface area contributed by atoms with E-state index < -0.39 is 5.97 Å². The molecule has 138 valence electrons. The number of rotatable bonds is 3. The highest BCUT2D eigenvalue weighted by Crippen LogP contribution is 2.37. The summed E-state index contributed by atoms with van der Waals surface area (Å²) < 4.78 is 4.81. The van der Waals surface area contributed by atoms with Crippen LogP contribution >= 0.6 is 0 Å².